The fourth-order valence-corrected chi connectivity index (χ4v) is 3.64. The minimum absolute atomic E-state index is 0.150. The van der Waals surface area contributed by atoms with Crippen molar-refractivity contribution in [2.45, 2.75) is 38.9 Å². The molecule has 4 nitrogen and oxygen atoms in total. The number of carbonyl (C=O) groups excluding carboxylic acids is 1. The first-order valence-electron chi connectivity index (χ1n) is 8.37. The normalized spacial score (nSPS) is 27.0. The summed E-state index contributed by atoms with van der Waals surface area (Å²) in [5, 5.41) is 0. The summed E-state index contributed by atoms with van der Waals surface area (Å²) in [6.07, 6.45) is 2.20. The van der Waals surface area contributed by atoms with Crippen molar-refractivity contribution < 1.29 is 9.53 Å². The molecule has 1 amide bonds. The van der Waals surface area contributed by atoms with E-state index in [4.69, 9.17) is 4.74 Å². The van der Waals surface area contributed by atoms with Crippen molar-refractivity contribution in [2.75, 3.05) is 31.1 Å². The van der Waals surface area contributed by atoms with Gasteiger partial charge in [-0.15, -0.1) is 0 Å². The predicted molar refractivity (Wildman–Crippen MR) is 88.0 cm³/mol. The molecule has 0 aromatic heterocycles. The van der Waals surface area contributed by atoms with Gasteiger partial charge in [-0.1, -0.05) is 18.2 Å². The zero-order chi connectivity index (χ0) is 15.5. The molecule has 2 aliphatic heterocycles. The van der Waals surface area contributed by atoms with Crippen LogP contribution in [0.15, 0.2) is 30.3 Å². The molecular formula is C18H26N2O2. The lowest BCUT2D eigenvalue weighted by Gasteiger charge is -2.39. The molecule has 3 rings (SSSR count). The monoisotopic (exact) mass is 302 g/mol. The van der Waals surface area contributed by atoms with E-state index in [2.05, 4.69) is 29.2 Å². The lowest BCUT2D eigenvalue weighted by molar-refractivity contribution is -0.148. The van der Waals surface area contributed by atoms with E-state index in [0.29, 0.717) is 5.91 Å². The van der Waals surface area contributed by atoms with Crippen LogP contribution in [0.25, 0.3) is 0 Å². The van der Waals surface area contributed by atoms with E-state index < -0.39 is 0 Å². The Morgan fingerprint density at radius 3 is 2.23 bits per heavy atom. The number of benzene rings is 1. The Kier molecular flexibility index (Phi) is 4.67. The van der Waals surface area contributed by atoms with Gasteiger partial charge in [0.2, 0.25) is 5.91 Å². The van der Waals surface area contributed by atoms with Crippen molar-refractivity contribution in [3.63, 3.8) is 0 Å². The Morgan fingerprint density at radius 2 is 1.64 bits per heavy atom. The van der Waals surface area contributed by atoms with E-state index in [9.17, 15) is 4.79 Å². The Hall–Kier alpha value is -1.55. The van der Waals surface area contributed by atoms with Gasteiger partial charge in [0.25, 0.3) is 0 Å². The molecule has 2 heterocycles. The molecule has 2 unspecified atom stereocenters. The van der Waals surface area contributed by atoms with Crippen molar-refractivity contribution in [3.8, 4) is 0 Å². The van der Waals surface area contributed by atoms with Gasteiger partial charge >= 0.3 is 0 Å². The van der Waals surface area contributed by atoms with Gasteiger partial charge < -0.3 is 14.5 Å². The number of rotatable bonds is 2. The van der Waals surface area contributed by atoms with E-state index in [1.54, 1.807) is 0 Å². The average molecular weight is 302 g/mol. The number of anilines is 1. The number of nitrogens with zero attached hydrogens (tertiary/aromatic N) is 2. The average Bonchev–Trinajstić information content (AvgIpc) is 2.54. The van der Waals surface area contributed by atoms with Crippen LogP contribution in [0.5, 0.6) is 0 Å². The molecule has 0 N–H and O–H groups in total. The first-order chi connectivity index (χ1) is 10.6. The maximum atomic E-state index is 12.7. The smallest absolute Gasteiger partial charge is 0.225 e. The number of para-hydroxylation sites is 1. The number of carbonyl (C=O) groups is 1. The van der Waals surface area contributed by atoms with Gasteiger partial charge in [-0.25, -0.2) is 0 Å². The molecule has 0 spiro atoms. The fourth-order valence-electron chi connectivity index (χ4n) is 3.64. The van der Waals surface area contributed by atoms with Crippen LogP contribution in [-0.4, -0.2) is 49.2 Å². The molecule has 2 fully saturated rings. The predicted octanol–water partition coefficient (Wildman–Crippen LogP) is 2.54. The summed E-state index contributed by atoms with van der Waals surface area (Å²) >= 11 is 0. The Balaban J connectivity index is 1.56. The Bertz CT molecular complexity index is 487. The number of ether oxygens (including phenoxy) is 1. The number of hydrogen-bond acceptors (Lipinski definition) is 3. The topological polar surface area (TPSA) is 32.8 Å². The first-order valence-corrected chi connectivity index (χ1v) is 8.37. The summed E-state index contributed by atoms with van der Waals surface area (Å²) in [6.45, 7) is 7.51. The van der Waals surface area contributed by atoms with Crippen molar-refractivity contribution in [3.05, 3.63) is 30.3 Å². The van der Waals surface area contributed by atoms with Gasteiger partial charge in [0.05, 0.1) is 12.2 Å². The van der Waals surface area contributed by atoms with Gasteiger partial charge in [-0.3, -0.25) is 4.79 Å². The summed E-state index contributed by atoms with van der Waals surface area (Å²) < 4.78 is 5.73. The highest BCUT2D eigenvalue weighted by Gasteiger charge is 2.32. The molecule has 1 aromatic carbocycles. The minimum atomic E-state index is 0.150. The molecule has 0 saturated carbocycles. The van der Waals surface area contributed by atoms with Crippen LogP contribution >= 0.6 is 0 Å². The molecule has 4 heteroatoms. The second kappa shape index (κ2) is 6.69. The van der Waals surface area contributed by atoms with Crippen molar-refractivity contribution in [1.29, 1.82) is 0 Å². The van der Waals surface area contributed by atoms with Crippen LogP contribution in [0.3, 0.4) is 0 Å². The Labute approximate surface area is 133 Å². The van der Waals surface area contributed by atoms with Crippen LogP contribution in [-0.2, 0) is 9.53 Å². The van der Waals surface area contributed by atoms with Gasteiger partial charge in [0.15, 0.2) is 0 Å². The molecular weight excluding hydrogens is 276 g/mol. The zero-order valence-corrected chi connectivity index (χ0v) is 13.6. The second-order valence-corrected chi connectivity index (χ2v) is 6.60. The molecule has 0 radical (unpaired) electrons. The molecule has 22 heavy (non-hydrogen) atoms. The van der Waals surface area contributed by atoms with Gasteiger partial charge in [-0.2, -0.15) is 0 Å². The SMILES string of the molecule is CC1CN(C(=O)C2CCN(c3ccccc3)CC2)CC(C)O1. The summed E-state index contributed by atoms with van der Waals surface area (Å²) in [7, 11) is 0. The van der Waals surface area contributed by atoms with E-state index in [1.165, 1.54) is 5.69 Å². The molecule has 0 bridgehead atoms. The van der Waals surface area contributed by atoms with Crippen LogP contribution in [0.4, 0.5) is 5.69 Å². The minimum Gasteiger partial charge on any atom is -0.372 e. The molecule has 120 valence electrons. The number of morpholine rings is 1. The third-order valence-electron chi connectivity index (χ3n) is 4.70. The van der Waals surface area contributed by atoms with Crippen molar-refractivity contribution in [2.24, 2.45) is 5.92 Å². The maximum Gasteiger partial charge on any atom is 0.225 e. The van der Waals surface area contributed by atoms with E-state index in [1.807, 2.05) is 24.8 Å². The lowest BCUT2D eigenvalue weighted by Crippen LogP contribution is -2.51. The summed E-state index contributed by atoms with van der Waals surface area (Å²) in [5.74, 6) is 0.507. The van der Waals surface area contributed by atoms with Crippen LogP contribution in [0.2, 0.25) is 0 Å². The van der Waals surface area contributed by atoms with Crippen molar-refractivity contribution >= 4 is 11.6 Å². The molecule has 1 aromatic rings. The molecule has 0 aliphatic carbocycles. The third kappa shape index (κ3) is 3.43. The van der Waals surface area contributed by atoms with Gasteiger partial charge in [0, 0.05) is 37.8 Å². The molecule has 2 atom stereocenters. The first kappa shape index (κ1) is 15.3. The zero-order valence-electron chi connectivity index (χ0n) is 13.6. The van der Waals surface area contributed by atoms with E-state index in [-0.39, 0.29) is 18.1 Å². The molecule has 2 saturated heterocycles. The highest BCUT2D eigenvalue weighted by atomic mass is 16.5. The number of amides is 1. The van der Waals surface area contributed by atoms with Gasteiger partial charge in [0.1, 0.15) is 0 Å². The van der Waals surface area contributed by atoms with E-state index >= 15 is 0 Å². The maximum absolute atomic E-state index is 12.7. The quantitative estimate of drug-likeness (QED) is 0.841. The molecule has 2 aliphatic rings. The van der Waals surface area contributed by atoms with Crippen LogP contribution < -0.4 is 4.90 Å². The summed E-state index contributed by atoms with van der Waals surface area (Å²) in [6, 6.07) is 10.5. The van der Waals surface area contributed by atoms with Crippen LogP contribution in [0, 0.1) is 5.92 Å². The van der Waals surface area contributed by atoms with Crippen LogP contribution in [0.1, 0.15) is 26.7 Å². The fraction of sp³-hybridized carbons (Fsp3) is 0.611. The summed E-state index contributed by atoms with van der Waals surface area (Å²) in [5.41, 5.74) is 1.27. The third-order valence-corrected chi connectivity index (χ3v) is 4.70. The number of piperidine rings is 1. The highest BCUT2D eigenvalue weighted by Crippen LogP contribution is 2.25. The standard InChI is InChI=1S/C18H26N2O2/c1-14-12-20(13-15(2)22-14)18(21)16-8-10-19(11-9-16)17-6-4-3-5-7-17/h3-7,14-16H,8-13H2,1-2H3. The second-order valence-electron chi connectivity index (χ2n) is 6.60. The summed E-state index contributed by atoms with van der Waals surface area (Å²) in [4.78, 5) is 17.1. The number of hydrogen-bond donors (Lipinski definition) is 0. The lowest BCUT2D eigenvalue weighted by atomic mass is 9.94. The van der Waals surface area contributed by atoms with Crippen molar-refractivity contribution in [1.82, 2.24) is 4.90 Å². The highest BCUT2D eigenvalue weighted by molar-refractivity contribution is 5.79. The Morgan fingerprint density at radius 1 is 1.05 bits per heavy atom. The van der Waals surface area contributed by atoms with Gasteiger partial charge in [-0.05, 0) is 38.8 Å². The largest absolute Gasteiger partial charge is 0.372 e. The van der Waals surface area contributed by atoms with E-state index in [0.717, 1.165) is 39.0 Å².